The predicted molar refractivity (Wildman–Crippen MR) is 45.4 cm³/mol. The van der Waals surface area contributed by atoms with E-state index in [0.29, 0.717) is 0 Å². The molecule has 3 nitrogen and oxygen atoms in total. The molecule has 0 aliphatic heterocycles. The number of hydrazine groups is 1. The topological polar surface area (TPSA) is 46.3 Å². The van der Waals surface area contributed by atoms with Gasteiger partial charge >= 0.3 is 51.4 Å². The van der Waals surface area contributed by atoms with Gasteiger partial charge in [-0.2, -0.15) is 0 Å². The van der Waals surface area contributed by atoms with Gasteiger partial charge in [0.1, 0.15) is 0 Å². The van der Waals surface area contributed by atoms with Gasteiger partial charge in [-0.05, 0) is 0 Å². The number of thiol groups is 1. The average Bonchev–Trinajstić information content (AvgIpc) is 1.64. The van der Waals surface area contributed by atoms with Crippen molar-refractivity contribution in [2.24, 2.45) is 5.84 Å². The van der Waals surface area contributed by atoms with Gasteiger partial charge in [-0.15, -0.1) is 12.6 Å². The molecule has 0 aromatic heterocycles. The minimum atomic E-state index is -0.315. The van der Waals surface area contributed by atoms with Gasteiger partial charge in [-0.1, -0.05) is 12.2 Å². The van der Waals surface area contributed by atoms with Crippen molar-refractivity contribution in [2.75, 3.05) is 0 Å². The molecule has 2 N–H and O–H groups in total. The van der Waals surface area contributed by atoms with Gasteiger partial charge in [0.05, 0.1) is 0 Å². The van der Waals surface area contributed by atoms with Crippen LogP contribution in [0.25, 0.3) is 0 Å². The van der Waals surface area contributed by atoms with Crippen molar-refractivity contribution in [3.05, 3.63) is 0 Å². The van der Waals surface area contributed by atoms with Crippen LogP contribution in [0, 0.1) is 0 Å². The van der Waals surface area contributed by atoms with Gasteiger partial charge in [0.2, 0.25) is 5.91 Å². The van der Waals surface area contributed by atoms with Crippen LogP contribution in [-0.4, -0.2) is 66.6 Å². The van der Waals surface area contributed by atoms with Crippen molar-refractivity contribution >= 4 is 86.5 Å². The number of carbonyl (C=O) groups is 1. The van der Waals surface area contributed by atoms with Gasteiger partial charge in [0.25, 0.3) is 0 Å². The van der Waals surface area contributed by atoms with E-state index >= 15 is 0 Å². The minimum absolute atomic E-state index is 0. The summed E-state index contributed by atoms with van der Waals surface area (Å²) in [6.07, 6.45) is 0. The van der Waals surface area contributed by atoms with Gasteiger partial charge < -0.3 is 0 Å². The van der Waals surface area contributed by atoms with Crippen molar-refractivity contribution in [1.82, 2.24) is 5.01 Å². The van der Waals surface area contributed by atoms with E-state index in [0.717, 1.165) is 5.01 Å². The molecule has 0 heterocycles. The van der Waals surface area contributed by atoms with Gasteiger partial charge in [0.15, 0.2) is 4.32 Å². The van der Waals surface area contributed by atoms with Gasteiger partial charge in [0, 0.05) is 6.92 Å². The van der Waals surface area contributed by atoms with Crippen LogP contribution < -0.4 is 5.84 Å². The zero-order chi connectivity index (χ0) is 6.73. The molecule has 0 spiro atoms. The van der Waals surface area contributed by atoms with E-state index in [4.69, 9.17) is 5.84 Å². The summed E-state index contributed by atoms with van der Waals surface area (Å²) in [4.78, 5) is 10.2. The molecule has 48 valence electrons. The Bertz CT molecular complexity index is 115. The Labute approximate surface area is 107 Å². The van der Waals surface area contributed by atoms with Crippen molar-refractivity contribution in [2.45, 2.75) is 6.92 Å². The molecule has 0 rings (SSSR count). The van der Waals surface area contributed by atoms with E-state index in [9.17, 15) is 4.79 Å². The van der Waals surface area contributed by atoms with Crippen LogP contribution in [0.4, 0.5) is 0 Å². The van der Waals surface area contributed by atoms with Crippen LogP contribution in [0.1, 0.15) is 6.92 Å². The number of amides is 1. The summed E-state index contributed by atoms with van der Waals surface area (Å²) in [5.41, 5.74) is 0. The standard InChI is InChI=1S/C3H6N2OS2.K.H/c1-2(6)5(4)3(7)8;;/h4H2,1H3,(H,7,8);;. The molecule has 6 heteroatoms. The number of hydrogen-bond donors (Lipinski definition) is 2. The molecule has 1 amide bonds. The van der Waals surface area contributed by atoms with Gasteiger partial charge in [-0.25, -0.2) is 10.9 Å². The van der Waals surface area contributed by atoms with Crippen LogP contribution in [0.2, 0.25) is 0 Å². The van der Waals surface area contributed by atoms with Crippen LogP contribution >= 0.6 is 24.8 Å². The fraction of sp³-hybridized carbons (Fsp3) is 0.333. The summed E-state index contributed by atoms with van der Waals surface area (Å²) in [6.45, 7) is 1.31. The van der Waals surface area contributed by atoms with Crippen LogP contribution in [0.15, 0.2) is 0 Å². The van der Waals surface area contributed by atoms with Crippen LogP contribution in [0.5, 0.6) is 0 Å². The molecule has 9 heavy (non-hydrogen) atoms. The molecular formula is C3H7KN2OS2. The first-order valence-corrected chi connectivity index (χ1v) is 2.69. The zero-order valence-corrected chi connectivity index (χ0v) is 6.00. The molecule has 0 radical (unpaired) electrons. The molecule has 0 atom stereocenters. The Hall–Kier alpha value is 1.51. The van der Waals surface area contributed by atoms with E-state index in [1.807, 2.05) is 0 Å². The van der Waals surface area contributed by atoms with Crippen LogP contribution in [-0.2, 0) is 4.79 Å². The first-order valence-electron chi connectivity index (χ1n) is 1.84. The Morgan fingerprint density at radius 1 is 1.78 bits per heavy atom. The first-order chi connectivity index (χ1) is 3.55. The van der Waals surface area contributed by atoms with E-state index < -0.39 is 0 Å². The molecule has 0 aromatic rings. The SMILES string of the molecule is CC(=O)N(N)C(=S)S.[KH]. The Balaban J connectivity index is 0. The van der Waals surface area contributed by atoms with E-state index in [2.05, 4.69) is 24.8 Å². The molecular weight excluding hydrogens is 183 g/mol. The average molecular weight is 190 g/mol. The second-order valence-corrected chi connectivity index (χ2v) is 2.28. The fourth-order valence-corrected chi connectivity index (χ4v) is 0.404. The third-order valence-electron chi connectivity index (χ3n) is 0.545. The third-order valence-corrected chi connectivity index (χ3v) is 0.958. The summed E-state index contributed by atoms with van der Waals surface area (Å²) >= 11 is 8.08. The van der Waals surface area contributed by atoms with Gasteiger partial charge in [-0.3, -0.25) is 4.79 Å². The Kier molecular flexibility index (Phi) is 9.09. The van der Waals surface area contributed by atoms with Crippen molar-refractivity contribution in [1.29, 1.82) is 0 Å². The maximum atomic E-state index is 10.2. The normalized spacial score (nSPS) is 7.44. The number of rotatable bonds is 0. The molecule has 0 bridgehead atoms. The fourth-order valence-electron chi connectivity index (χ4n) is 0.135. The maximum absolute atomic E-state index is 10.2. The van der Waals surface area contributed by atoms with Crippen molar-refractivity contribution in [3.8, 4) is 0 Å². The monoisotopic (exact) mass is 190 g/mol. The summed E-state index contributed by atoms with van der Waals surface area (Å²) in [6, 6.07) is 0. The molecule has 0 unspecified atom stereocenters. The molecule has 0 saturated carbocycles. The quantitative estimate of drug-likeness (QED) is 0.132. The molecule has 0 aliphatic carbocycles. The van der Waals surface area contributed by atoms with E-state index in [1.165, 1.54) is 6.92 Å². The zero-order valence-electron chi connectivity index (χ0n) is 4.29. The number of carbonyl (C=O) groups excluding carboxylic acids is 1. The number of hydrogen-bond acceptors (Lipinski definition) is 3. The summed E-state index contributed by atoms with van der Waals surface area (Å²) in [5, 5.41) is 0.790. The third kappa shape index (κ3) is 5.93. The number of thiocarbonyl (C=S) groups is 1. The molecule has 0 fully saturated rings. The van der Waals surface area contributed by atoms with E-state index in [-0.39, 0.29) is 61.6 Å². The first kappa shape index (κ1) is 13.1. The molecule has 0 saturated heterocycles. The Morgan fingerprint density at radius 3 is 2.11 bits per heavy atom. The summed E-state index contributed by atoms with van der Waals surface area (Å²) < 4.78 is 0.0810. The van der Waals surface area contributed by atoms with Crippen molar-refractivity contribution in [3.63, 3.8) is 0 Å². The predicted octanol–water partition coefficient (Wildman–Crippen LogP) is -0.725. The van der Waals surface area contributed by atoms with Crippen LogP contribution in [0.3, 0.4) is 0 Å². The number of nitrogens with two attached hydrogens (primary N) is 1. The van der Waals surface area contributed by atoms with E-state index in [1.54, 1.807) is 0 Å². The molecule has 0 aliphatic rings. The molecule has 0 aromatic carbocycles. The summed E-state index contributed by atoms with van der Waals surface area (Å²) in [7, 11) is 0. The summed E-state index contributed by atoms with van der Waals surface area (Å²) in [5.74, 6) is 4.71. The Morgan fingerprint density at radius 2 is 2.11 bits per heavy atom. The van der Waals surface area contributed by atoms with Crippen molar-refractivity contribution < 1.29 is 4.79 Å². The number of nitrogens with zero attached hydrogens (tertiary/aromatic N) is 1. The second-order valence-electron chi connectivity index (χ2n) is 1.17. The second kappa shape index (κ2) is 6.23.